The maximum Gasteiger partial charge on any atom is 0.119 e. The van der Waals surface area contributed by atoms with Crippen molar-refractivity contribution in [1.29, 1.82) is 0 Å². The van der Waals surface area contributed by atoms with E-state index in [1.165, 1.54) is 56.3 Å². The molecule has 1 aliphatic heterocycles. The van der Waals surface area contributed by atoms with E-state index < -0.39 is 0 Å². The Balaban J connectivity index is 1.76. The van der Waals surface area contributed by atoms with Gasteiger partial charge in [0, 0.05) is 12.1 Å². The van der Waals surface area contributed by atoms with Crippen molar-refractivity contribution in [2.45, 2.75) is 51.1 Å². The van der Waals surface area contributed by atoms with Crippen LogP contribution in [0, 0.1) is 5.92 Å². The molecule has 2 aliphatic rings. The summed E-state index contributed by atoms with van der Waals surface area (Å²) in [6.45, 7) is 4.53. The zero-order valence-electron chi connectivity index (χ0n) is 13.3. The van der Waals surface area contributed by atoms with E-state index >= 15 is 0 Å². The van der Waals surface area contributed by atoms with Crippen molar-refractivity contribution in [3.8, 4) is 5.75 Å². The summed E-state index contributed by atoms with van der Waals surface area (Å²) in [6.07, 6.45) is 6.29. The van der Waals surface area contributed by atoms with Crippen LogP contribution in [0.1, 0.15) is 49.8 Å². The Morgan fingerprint density at radius 1 is 1.24 bits per heavy atom. The molecule has 0 saturated carbocycles. The largest absolute Gasteiger partial charge is 0.497 e. The van der Waals surface area contributed by atoms with Crippen molar-refractivity contribution in [2.75, 3.05) is 20.2 Å². The van der Waals surface area contributed by atoms with Gasteiger partial charge < -0.3 is 10.5 Å². The Hall–Kier alpha value is -1.06. The topological polar surface area (TPSA) is 38.5 Å². The lowest BCUT2D eigenvalue weighted by molar-refractivity contribution is 0.113. The predicted molar refractivity (Wildman–Crippen MR) is 86.6 cm³/mol. The molecule has 1 fully saturated rings. The number of rotatable bonds is 3. The molecule has 0 amide bonds. The molecule has 0 aromatic heterocycles. The van der Waals surface area contributed by atoms with E-state index in [0.29, 0.717) is 18.0 Å². The summed E-state index contributed by atoms with van der Waals surface area (Å²) in [4.78, 5) is 2.68. The third kappa shape index (κ3) is 3.09. The van der Waals surface area contributed by atoms with Gasteiger partial charge in [0.2, 0.25) is 0 Å². The summed E-state index contributed by atoms with van der Waals surface area (Å²) in [6, 6.07) is 7.54. The summed E-state index contributed by atoms with van der Waals surface area (Å²) in [7, 11) is 1.76. The van der Waals surface area contributed by atoms with Crippen molar-refractivity contribution < 1.29 is 4.74 Å². The van der Waals surface area contributed by atoms with Crippen LogP contribution >= 0.6 is 0 Å². The molecular weight excluding hydrogens is 260 g/mol. The van der Waals surface area contributed by atoms with Crippen LogP contribution < -0.4 is 10.5 Å². The zero-order chi connectivity index (χ0) is 14.8. The van der Waals surface area contributed by atoms with E-state index in [9.17, 15) is 0 Å². The minimum atomic E-state index is 0.339. The van der Waals surface area contributed by atoms with E-state index in [0.717, 1.165) is 5.75 Å². The summed E-state index contributed by atoms with van der Waals surface area (Å²) in [5.74, 6) is 1.70. The van der Waals surface area contributed by atoms with Crippen LogP contribution in [0.25, 0.3) is 0 Å². The van der Waals surface area contributed by atoms with Crippen LogP contribution in [-0.4, -0.2) is 31.1 Å². The highest BCUT2D eigenvalue weighted by atomic mass is 16.5. The van der Waals surface area contributed by atoms with Gasteiger partial charge in [0.15, 0.2) is 0 Å². The van der Waals surface area contributed by atoms with Gasteiger partial charge >= 0.3 is 0 Å². The third-order valence-electron chi connectivity index (χ3n) is 5.39. The van der Waals surface area contributed by atoms with Gasteiger partial charge in [-0.3, -0.25) is 4.90 Å². The molecule has 1 aromatic carbocycles. The molecule has 2 atom stereocenters. The lowest BCUT2D eigenvalue weighted by Crippen LogP contribution is -2.42. The molecule has 3 nitrogen and oxygen atoms in total. The van der Waals surface area contributed by atoms with Crippen LogP contribution in [-0.2, 0) is 6.42 Å². The van der Waals surface area contributed by atoms with Gasteiger partial charge in [0.1, 0.15) is 5.75 Å². The summed E-state index contributed by atoms with van der Waals surface area (Å²) in [5.41, 5.74) is 9.09. The van der Waals surface area contributed by atoms with Crippen LogP contribution in [0.2, 0.25) is 0 Å². The Morgan fingerprint density at radius 2 is 2.00 bits per heavy atom. The smallest absolute Gasteiger partial charge is 0.119 e. The number of hydrogen-bond donors (Lipinski definition) is 1. The Bertz CT molecular complexity index is 478. The zero-order valence-corrected chi connectivity index (χ0v) is 13.3. The number of nitrogens with two attached hydrogens (primary N) is 1. The Morgan fingerprint density at radius 3 is 2.67 bits per heavy atom. The van der Waals surface area contributed by atoms with Gasteiger partial charge in [-0.15, -0.1) is 0 Å². The lowest BCUT2D eigenvalue weighted by atomic mass is 9.84. The van der Waals surface area contributed by atoms with Crippen LogP contribution in [0.5, 0.6) is 5.75 Å². The summed E-state index contributed by atoms with van der Waals surface area (Å²) < 4.78 is 5.43. The highest BCUT2D eigenvalue weighted by Gasteiger charge is 2.30. The molecule has 3 rings (SSSR count). The third-order valence-corrected chi connectivity index (χ3v) is 5.39. The maximum atomic E-state index is 6.07. The van der Waals surface area contributed by atoms with Gasteiger partial charge in [-0.2, -0.15) is 0 Å². The summed E-state index contributed by atoms with van der Waals surface area (Å²) in [5, 5.41) is 0. The van der Waals surface area contributed by atoms with Crippen molar-refractivity contribution in [2.24, 2.45) is 11.7 Å². The number of methoxy groups -OCH3 is 1. The minimum Gasteiger partial charge on any atom is -0.497 e. The fourth-order valence-corrected chi connectivity index (χ4v) is 4.02. The normalized spacial score (nSPS) is 25.4. The van der Waals surface area contributed by atoms with Crippen molar-refractivity contribution >= 4 is 0 Å². The number of piperidine rings is 1. The molecule has 1 aliphatic carbocycles. The molecule has 1 heterocycles. The SMILES string of the molecule is COc1ccc2c(c1)C(N1CCC(C(C)N)CC1)CCC2. The predicted octanol–water partition coefficient (Wildman–Crippen LogP) is 3.13. The van der Waals surface area contributed by atoms with Gasteiger partial charge in [-0.1, -0.05) is 6.07 Å². The Labute approximate surface area is 128 Å². The molecule has 21 heavy (non-hydrogen) atoms. The number of nitrogens with zero attached hydrogens (tertiary/aromatic N) is 1. The van der Waals surface area contributed by atoms with Crippen molar-refractivity contribution in [3.05, 3.63) is 29.3 Å². The van der Waals surface area contributed by atoms with Crippen molar-refractivity contribution in [1.82, 2.24) is 4.90 Å². The molecule has 0 spiro atoms. The first-order valence-corrected chi connectivity index (χ1v) is 8.35. The quantitative estimate of drug-likeness (QED) is 0.928. The molecule has 2 unspecified atom stereocenters. The van der Waals surface area contributed by atoms with Gasteiger partial charge in [-0.05, 0) is 81.3 Å². The molecule has 3 heteroatoms. The monoisotopic (exact) mass is 288 g/mol. The highest BCUT2D eigenvalue weighted by molar-refractivity contribution is 5.39. The van der Waals surface area contributed by atoms with Gasteiger partial charge in [0.25, 0.3) is 0 Å². The molecule has 2 N–H and O–H groups in total. The van der Waals surface area contributed by atoms with Gasteiger partial charge in [0.05, 0.1) is 7.11 Å². The molecule has 1 aromatic rings. The molecule has 1 saturated heterocycles. The molecule has 0 radical (unpaired) electrons. The number of likely N-dealkylation sites (tertiary alicyclic amines) is 1. The van der Waals surface area contributed by atoms with E-state index in [1.54, 1.807) is 7.11 Å². The first kappa shape index (κ1) is 14.9. The fraction of sp³-hybridized carbons (Fsp3) is 0.667. The van der Waals surface area contributed by atoms with Crippen LogP contribution in [0.4, 0.5) is 0 Å². The number of hydrogen-bond acceptors (Lipinski definition) is 3. The Kier molecular flexibility index (Phi) is 4.51. The second-order valence-corrected chi connectivity index (χ2v) is 6.71. The van der Waals surface area contributed by atoms with E-state index in [2.05, 4.69) is 30.0 Å². The number of ether oxygens (including phenoxy) is 1. The van der Waals surface area contributed by atoms with E-state index in [-0.39, 0.29) is 0 Å². The molecule has 0 bridgehead atoms. The average Bonchev–Trinajstić information content (AvgIpc) is 2.54. The first-order chi connectivity index (χ1) is 10.2. The minimum absolute atomic E-state index is 0.339. The highest BCUT2D eigenvalue weighted by Crippen LogP contribution is 2.38. The molecular formula is C18H28N2O. The number of fused-ring (bicyclic) bond motifs is 1. The second-order valence-electron chi connectivity index (χ2n) is 6.71. The maximum absolute atomic E-state index is 6.07. The van der Waals surface area contributed by atoms with E-state index in [4.69, 9.17) is 10.5 Å². The average molecular weight is 288 g/mol. The van der Waals surface area contributed by atoms with E-state index in [1.807, 2.05) is 0 Å². The standard InChI is InChI=1S/C18H28N2O/c1-13(19)14-8-10-20(11-9-14)18-5-3-4-15-6-7-16(21-2)12-17(15)18/h6-7,12-14,18H,3-5,8-11,19H2,1-2H3. The first-order valence-electron chi connectivity index (χ1n) is 8.35. The lowest BCUT2D eigenvalue weighted by Gasteiger charge is -2.41. The number of aryl methyl sites for hydroxylation is 1. The van der Waals surface area contributed by atoms with Crippen LogP contribution in [0.3, 0.4) is 0 Å². The van der Waals surface area contributed by atoms with Crippen molar-refractivity contribution in [3.63, 3.8) is 0 Å². The second kappa shape index (κ2) is 6.37. The summed E-state index contributed by atoms with van der Waals surface area (Å²) >= 11 is 0. The molecule has 116 valence electrons. The van der Waals surface area contributed by atoms with Gasteiger partial charge in [-0.25, -0.2) is 0 Å². The number of benzene rings is 1. The fourth-order valence-electron chi connectivity index (χ4n) is 4.02. The van der Waals surface area contributed by atoms with Crippen LogP contribution in [0.15, 0.2) is 18.2 Å².